The van der Waals surface area contributed by atoms with Gasteiger partial charge in [0, 0.05) is 12.1 Å². The number of hydrogen-bond acceptors (Lipinski definition) is 5. The third-order valence-electron chi connectivity index (χ3n) is 3.29. The molecule has 0 aliphatic carbocycles. The SMILES string of the molecule is COc1cnc(NN2C(C)CCCC2C)nc1. The van der Waals surface area contributed by atoms with Gasteiger partial charge >= 0.3 is 0 Å². The van der Waals surface area contributed by atoms with Crippen LogP contribution < -0.4 is 10.2 Å². The fourth-order valence-corrected chi connectivity index (χ4v) is 2.24. The van der Waals surface area contributed by atoms with E-state index < -0.39 is 0 Å². The van der Waals surface area contributed by atoms with Crippen LogP contribution in [0.2, 0.25) is 0 Å². The van der Waals surface area contributed by atoms with Crippen LogP contribution in [0.5, 0.6) is 5.75 Å². The number of hydrazine groups is 1. The average Bonchev–Trinajstić information content (AvgIpc) is 2.35. The van der Waals surface area contributed by atoms with E-state index in [1.807, 2.05) is 0 Å². The van der Waals surface area contributed by atoms with Gasteiger partial charge in [0.1, 0.15) is 0 Å². The number of ether oxygens (including phenoxy) is 1. The lowest BCUT2D eigenvalue weighted by atomic mass is 10.00. The first-order chi connectivity index (χ1) is 8.20. The maximum absolute atomic E-state index is 5.04. The number of rotatable bonds is 3. The highest BCUT2D eigenvalue weighted by molar-refractivity contribution is 5.26. The van der Waals surface area contributed by atoms with Crippen molar-refractivity contribution >= 4 is 5.95 Å². The Balaban J connectivity index is 2.03. The Hall–Kier alpha value is -1.36. The van der Waals surface area contributed by atoms with Crippen LogP contribution in [-0.2, 0) is 0 Å². The molecule has 2 heterocycles. The molecule has 94 valence electrons. The minimum absolute atomic E-state index is 0.518. The Morgan fingerprint density at radius 1 is 1.24 bits per heavy atom. The molecule has 0 amide bonds. The molecule has 0 aromatic carbocycles. The Kier molecular flexibility index (Phi) is 3.78. The third kappa shape index (κ3) is 2.85. The van der Waals surface area contributed by atoms with E-state index in [1.165, 1.54) is 19.3 Å². The van der Waals surface area contributed by atoms with Gasteiger partial charge in [0.2, 0.25) is 5.95 Å². The number of hydrogen-bond donors (Lipinski definition) is 1. The maximum atomic E-state index is 5.04. The first-order valence-corrected chi connectivity index (χ1v) is 6.11. The summed E-state index contributed by atoms with van der Waals surface area (Å²) in [4.78, 5) is 8.45. The molecule has 1 fully saturated rings. The van der Waals surface area contributed by atoms with E-state index in [9.17, 15) is 0 Å². The highest BCUT2D eigenvalue weighted by Gasteiger charge is 2.25. The van der Waals surface area contributed by atoms with Crippen LogP contribution in [-0.4, -0.2) is 34.2 Å². The molecule has 1 aliphatic heterocycles. The number of aromatic nitrogens is 2. The van der Waals surface area contributed by atoms with Crippen LogP contribution >= 0.6 is 0 Å². The second kappa shape index (κ2) is 5.31. The molecule has 0 spiro atoms. The minimum Gasteiger partial charge on any atom is -0.494 e. The molecule has 0 radical (unpaired) electrons. The molecule has 0 bridgehead atoms. The van der Waals surface area contributed by atoms with E-state index in [-0.39, 0.29) is 0 Å². The first kappa shape index (κ1) is 12.1. The molecule has 1 aliphatic rings. The number of nitrogens with one attached hydrogen (secondary N) is 1. The molecular formula is C12H20N4O. The quantitative estimate of drug-likeness (QED) is 0.870. The molecule has 17 heavy (non-hydrogen) atoms. The van der Waals surface area contributed by atoms with Crippen LogP contribution in [0.1, 0.15) is 33.1 Å². The van der Waals surface area contributed by atoms with Gasteiger partial charge in [-0.2, -0.15) is 0 Å². The maximum Gasteiger partial charge on any atom is 0.237 e. The molecule has 1 aromatic rings. The predicted octanol–water partition coefficient (Wildman–Crippen LogP) is 2.08. The Morgan fingerprint density at radius 2 is 1.82 bits per heavy atom. The summed E-state index contributed by atoms with van der Waals surface area (Å²) in [5, 5.41) is 2.24. The summed E-state index contributed by atoms with van der Waals surface area (Å²) in [6.07, 6.45) is 7.08. The van der Waals surface area contributed by atoms with Crippen molar-refractivity contribution in [3.8, 4) is 5.75 Å². The lowest BCUT2D eigenvalue weighted by Gasteiger charge is -2.38. The van der Waals surface area contributed by atoms with Crippen molar-refractivity contribution < 1.29 is 4.74 Å². The summed E-state index contributed by atoms with van der Waals surface area (Å²) < 4.78 is 5.04. The van der Waals surface area contributed by atoms with Gasteiger partial charge in [-0.25, -0.2) is 15.0 Å². The highest BCUT2D eigenvalue weighted by atomic mass is 16.5. The van der Waals surface area contributed by atoms with Gasteiger partial charge in [-0.05, 0) is 26.7 Å². The Morgan fingerprint density at radius 3 is 2.35 bits per heavy atom. The third-order valence-corrected chi connectivity index (χ3v) is 3.29. The number of piperidine rings is 1. The number of anilines is 1. The molecule has 2 rings (SSSR count). The molecule has 2 atom stereocenters. The molecule has 2 unspecified atom stereocenters. The molecule has 1 N–H and O–H groups in total. The normalized spacial score (nSPS) is 25.6. The average molecular weight is 236 g/mol. The summed E-state index contributed by atoms with van der Waals surface area (Å²) in [6.45, 7) is 4.46. The summed E-state index contributed by atoms with van der Waals surface area (Å²) in [5.41, 5.74) is 3.29. The van der Waals surface area contributed by atoms with Crippen molar-refractivity contribution in [2.75, 3.05) is 12.5 Å². The highest BCUT2D eigenvalue weighted by Crippen LogP contribution is 2.22. The summed E-state index contributed by atoms with van der Waals surface area (Å²) in [7, 11) is 1.61. The smallest absolute Gasteiger partial charge is 0.237 e. The van der Waals surface area contributed by atoms with Crippen molar-refractivity contribution in [3.05, 3.63) is 12.4 Å². The summed E-state index contributed by atoms with van der Waals surface area (Å²) in [6, 6.07) is 1.04. The molecule has 1 saturated heterocycles. The van der Waals surface area contributed by atoms with E-state index in [1.54, 1.807) is 19.5 Å². The molecular weight excluding hydrogens is 216 g/mol. The van der Waals surface area contributed by atoms with Gasteiger partial charge in [0.05, 0.1) is 19.5 Å². The monoisotopic (exact) mass is 236 g/mol. The van der Waals surface area contributed by atoms with Crippen molar-refractivity contribution in [1.29, 1.82) is 0 Å². The minimum atomic E-state index is 0.518. The van der Waals surface area contributed by atoms with Crippen molar-refractivity contribution in [2.24, 2.45) is 0 Å². The number of nitrogens with zero attached hydrogens (tertiary/aromatic N) is 3. The molecule has 1 aromatic heterocycles. The van der Waals surface area contributed by atoms with Crippen molar-refractivity contribution in [1.82, 2.24) is 15.0 Å². The van der Waals surface area contributed by atoms with Crippen LogP contribution in [0.15, 0.2) is 12.4 Å². The summed E-state index contributed by atoms with van der Waals surface area (Å²) in [5.74, 6) is 1.31. The van der Waals surface area contributed by atoms with E-state index in [4.69, 9.17) is 4.74 Å². The largest absolute Gasteiger partial charge is 0.494 e. The molecule has 0 saturated carbocycles. The summed E-state index contributed by atoms with van der Waals surface area (Å²) >= 11 is 0. The number of methoxy groups -OCH3 is 1. The predicted molar refractivity (Wildman–Crippen MR) is 66.8 cm³/mol. The van der Waals surface area contributed by atoms with Crippen LogP contribution in [0, 0.1) is 0 Å². The van der Waals surface area contributed by atoms with Crippen LogP contribution in [0.25, 0.3) is 0 Å². The Labute approximate surface area is 102 Å². The standard InChI is InChI=1S/C12H20N4O/c1-9-5-4-6-10(2)16(9)15-12-13-7-11(17-3)8-14-12/h7-10H,4-6H2,1-3H3,(H,13,14,15). The fourth-order valence-electron chi connectivity index (χ4n) is 2.24. The van der Waals surface area contributed by atoms with E-state index in [0.29, 0.717) is 23.8 Å². The van der Waals surface area contributed by atoms with Gasteiger partial charge in [-0.3, -0.25) is 5.43 Å². The lowest BCUT2D eigenvalue weighted by Crippen LogP contribution is -2.47. The topological polar surface area (TPSA) is 50.3 Å². The van der Waals surface area contributed by atoms with Crippen LogP contribution in [0.4, 0.5) is 5.95 Å². The molecule has 5 heteroatoms. The van der Waals surface area contributed by atoms with Gasteiger partial charge in [-0.1, -0.05) is 6.42 Å². The second-order valence-electron chi connectivity index (χ2n) is 4.59. The van der Waals surface area contributed by atoms with Crippen LogP contribution in [0.3, 0.4) is 0 Å². The zero-order chi connectivity index (χ0) is 12.3. The van der Waals surface area contributed by atoms with E-state index >= 15 is 0 Å². The van der Waals surface area contributed by atoms with Gasteiger partial charge in [-0.15, -0.1) is 0 Å². The fraction of sp³-hybridized carbons (Fsp3) is 0.667. The van der Waals surface area contributed by atoms with Gasteiger partial charge in [0.15, 0.2) is 5.75 Å². The Bertz CT molecular complexity index is 344. The van der Waals surface area contributed by atoms with E-state index in [2.05, 4.69) is 34.3 Å². The van der Waals surface area contributed by atoms with Crippen molar-refractivity contribution in [2.45, 2.75) is 45.2 Å². The second-order valence-corrected chi connectivity index (χ2v) is 4.59. The van der Waals surface area contributed by atoms with Gasteiger partial charge in [0.25, 0.3) is 0 Å². The lowest BCUT2D eigenvalue weighted by molar-refractivity contribution is 0.134. The van der Waals surface area contributed by atoms with E-state index in [0.717, 1.165) is 0 Å². The first-order valence-electron chi connectivity index (χ1n) is 6.11. The molecule has 5 nitrogen and oxygen atoms in total. The van der Waals surface area contributed by atoms with Crippen molar-refractivity contribution in [3.63, 3.8) is 0 Å². The zero-order valence-electron chi connectivity index (χ0n) is 10.7. The zero-order valence-corrected chi connectivity index (χ0v) is 10.7. The van der Waals surface area contributed by atoms with Gasteiger partial charge < -0.3 is 4.74 Å².